The molecule has 0 saturated carbocycles. The summed E-state index contributed by atoms with van der Waals surface area (Å²) >= 11 is 0. The molecule has 0 unspecified atom stereocenters. The molecule has 2 atom stereocenters. The summed E-state index contributed by atoms with van der Waals surface area (Å²) in [5, 5.41) is 5.49. The zero-order chi connectivity index (χ0) is 17.8. The van der Waals surface area contributed by atoms with Crippen LogP contribution in [0.15, 0.2) is 42.5 Å². The lowest BCUT2D eigenvalue weighted by Gasteiger charge is -2.37. The van der Waals surface area contributed by atoms with Crippen molar-refractivity contribution in [3.8, 4) is 0 Å². The molecule has 25 heavy (non-hydrogen) atoms. The van der Waals surface area contributed by atoms with Gasteiger partial charge in [0.25, 0.3) is 0 Å². The molecule has 1 saturated heterocycles. The Hall–Kier alpha value is -2.40. The van der Waals surface area contributed by atoms with Gasteiger partial charge in [0.1, 0.15) is 6.04 Å². The Labute approximate surface area is 148 Å². The Morgan fingerprint density at radius 2 is 2.04 bits per heavy atom. The van der Waals surface area contributed by atoms with Crippen LogP contribution in [0.25, 0.3) is 10.8 Å². The van der Waals surface area contributed by atoms with Crippen molar-refractivity contribution in [3.63, 3.8) is 0 Å². The summed E-state index contributed by atoms with van der Waals surface area (Å²) in [7, 11) is 1.37. The summed E-state index contributed by atoms with van der Waals surface area (Å²) in [6, 6.07) is 13.4. The molecule has 1 amide bonds. The van der Waals surface area contributed by atoms with E-state index in [2.05, 4.69) is 23.5 Å². The number of amides is 1. The van der Waals surface area contributed by atoms with Crippen LogP contribution in [0, 0.1) is 0 Å². The molecule has 0 aromatic heterocycles. The Kier molecular flexibility index (Phi) is 5.34. The van der Waals surface area contributed by atoms with Crippen LogP contribution >= 0.6 is 0 Å². The van der Waals surface area contributed by atoms with Crippen LogP contribution in [0.2, 0.25) is 0 Å². The number of rotatable bonds is 5. The van der Waals surface area contributed by atoms with Gasteiger partial charge in [0, 0.05) is 19.5 Å². The van der Waals surface area contributed by atoms with E-state index in [0.717, 1.165) is 16.3 Å². The molecule has 1 fully saturated rings. The molecule has 0 aliphatic carbocycles. The van der Waals surface area contributed by atoms with E-state index < -0.39 is 6.04 Å². The van der Waals surface area contributed by atoms with Crippen molar-refractivity contribution in [2.45, 2.75) is 31.8 Å². The second kappa shape index (κ2) is 7.66. The van der Waals surface area contributed by atoms with Crippen LogP contribution in [0.3, 0.4) is 0 Å². The van der Waals surface area contributed by atoms with Crippen molar-refractivity contribution >= 4 is 22.6 Å². The number of hydrogen-bond donors (Lipinski definition) is 1. The maximum atomic E-state index is 12.7. The zero-order valence-electron chi connectivity index (χ0n) is 14.7. The van der Waals surface area contributed by atoms with Crippen molar-refractivity contribution < 1.29 is 14.3 Å². The second-order valence-electron chi connectivity index (χ2n) is 6.37. The molecule has 2 aromatic rings. The highest BCUT2D eigenvalue weighted by Crippen LogP contribution is 2.20. The fourth-order valence-electron chi connectivity index (χ4n) is 3.43. The number of esters is 1. The highest BCUT2D eigenvalue weighted by Gasteiger charge is 2.36. The van der Waals surface area contributed by atoms with Gasteiger partial charge in [-0.15, -0.1) is 0 Å². The van der Waals surface area contributed by atoms with Crippen molar-refractivity contribution in [2.75, 3.05) is 20.2 Å². The van der Waals surface area contributed by atoms with Crippen LogP contribution < -0.4 is 5.32 Å². The first kappa shape index (κ1) is 17.4. The summed E-state index contributed by atoms with van der Waals surface area (Å²) < 4.78 is 4.99. The largest absolute Gasteiger partial charge is 0.467 e. The molecule has 1 aliphatic rings. The third-order valence-electron chi connectivity index (χ3n) is 4.83. The van der Waals surface area contributed by atoms with Gasteiger partial charge in [0.05, 0.1) is 13.2 Å². The molecule has 0 spiro atoms. The van der Waals surface area contributed by atoms with Crippen LogP contribution in [-0.4, -0.2) is 49.1 Å². The van der Waals surface area contributed by atoms with Gasteiger partial charge in [0.15, 0.2) is 0 Å². The van der Waals surface area contributed by atoms with Gasteiger partial charge in [-0.05, 0) is 22.8 Å². The van der Waals surface area contributed by atoms with Gasteiger partial charge in [-0.25, -0.2) is 4.79 Å². The number of hydrogen-bond acceptors (Lipinski definition) is 4. The van der Waals surface area contributed by atoms with Crippen molar-refractivity contribution in [1.29, 1.82) is 0 Å². The predicted molar refractivity (Wildman–Crippen MR) is 97.3 cm³/mol. The lowest BCUT2D eigenvalue weighted by atomic mass is 9.99. The average molecular weight is 340 g/mol. The zero-order valence-corrected chi connectivity index (χ0v) is 14.7. The minimum Gasteiger partial charge on any atom is -0.467 e. The Morgan fingerprint density at radius 1 is 1.28 bits per heavy atom. The third kappa shape index (κ3) is 3.66. The highest BCUT2D eigenvalue weighted by atomic mass is 16.5. The molecule has 132 valence electrons. The number of benzene rings is 2. The Morgan fingerprint density at radius 3 is 2.76 bits per heavy atom. The number of carbonyl (C=O) groups excluding carboxylic acids is 2. The first-order valence-corrected chi connectivity index (χ1v) is 8.73. The Bertz CT molecular complexity index is 774. The van der Waals surface area contributed by atoms with Crippen molar-refractivity contribution in [2.24, 2.45) is 0 Å². The number of fused-ring (bicyclic) bond motifs is 1. The highest BCUT2D eigenvalue weighted by molar-refractivity contribution is 5.88. The molecule has 2 aromatic carbocycles. The molecule has 1 N–H and O–H groups in total. The molecule has 0 bridgehead atoms. The van der Waals surface area contributed by atoms with E-state index in [-0.39, 0.29) is 17.9 Å². The maximum absolute atomic E-state index is 12.7. The fourth-order valence-corrected chi connectivity index (χ4v) is 3.43. The monoisotopic (exact) mass is 340 g/mol. The second-order valence-corrected chi connectivity index (χ2v) is 6.37. The summed E-state index contributed by atoms with van der Waals surface area (Å²) in [5.74, 6) is -0.386. The molecule has 5 nitrogen and oxygen atoms in total. The normalized spacial score (nSPS) is 19.0. The number of nitrogens with zero attached hydrogens (tertiary/aromatic N) is 1. The molecule has 3 rings (SSSR count). The van der Waals surface area contributed by atoms with E-state index in [9.17, 15) is 9.59 Å². The van der Waals surface area contributed by atoms with Crippen LogP contribution in [0.5, 0.6) is 0 Å². The quantitative estimate of drug-likeness (QED) is 0.847. The van der Waals surface area contributed by atoms with E-state index >= 15 is 0 Å². The number of methoxy groups -OCH3 is 1. The van der Waals surface area contributed by atoms with Gasteiger partial charge in [0.2, 0.25) is 5.91 Å². The first-order chi connectivity index (χ1) is 12.1. The topological polar surface area (TPSA) is 58.6 Å². The number of ether oxygens (including phenoxy) is 1. The van der Waals surface area contributed by atoms with Crippen LogP contribution in [0.4, 0.5) is 0 Å². The fraction of sp³-hybridized carbons (Fsp3) is 0.400. The average Bonchev–Trinajstić information content (AvgIpc) is 2.66. The number of carbonyl (C=O) groups is 2. The van der Waals surface area contributed by atoms with Crippen LogP contribution in [0.1, 0.15) is 18.9 Å². The van der Waals surface area contributed by atoms with E-state index in [0.29, 0.717) is 25.9 Å². The van der Waals surface area contributed by atoms with Gasteiger partial charge in [-0.2, -0.15) is 0 Å². The number of nitrogens with one attached hydrogen (secondary N) is 1. The number of piperazine rings is 1. The van der Waals surface area contributed by atoms with Gasteiger partial charge < -0.3 is 15.0 Å². The summed E-state index contributed by atoms with van der Waals surface area (Å²) in [6.45, 7) is 3.17. The molecule has 5 heteroatoms. The first-order valence-electron chi connectivity index (χ1n) is 8.73. The van der Waals surface area contributed by atoms with Crippen molar-refractivity contribution in [1.82, 2.24) is 10.2 Å². The molecule has 1 heterocycles. The summed E-state index contributed by atoms with van der Waals surface area (Å²) in [5.41, 5.74) is 1.02. The minimum absolute atomic E-state index is 0.0232. The van der Waals surface area contributed by atoms with E-state index in [1.165, 1.54) is 7.11 Å². The molecule has 1 aliphatic heterocycles. The maximum Gasteiger partial charge on any atom is 0.328 e. The lowest BCUT2D eigenvalue weighted by molar-refractivity contribution is -0.155. The SMILES string of the molecule is CC[C@@H]1NCCN([C@@H](Cc2ccc3ccccc3c2)C(=O)OC)C1=O. The van der Waals surface area contributed by atoms with Gasteiger partial charge in [-0.3, -0.25) is 4.79 Å². The van der Waals surface area contributed by atoms with Crippen molar-refractivity contribution in [3.05, 3.63) is 48.0 Å². The smallest absolute Gasteiger partial charge is 0.328 e. The van der Waals surface area contributed by atoms with E-state index in [1.807, 2.05) is 31.2 Å². The third-order valence-corrected chi connectivity index (χ3v) is 4.83. The lowest BCUT2D eigenvalue weighted by Crippen LogP contribution is -2.60. The van der Waals surface area contributed by atoms with Gasteiger partial charge >= 0.3 is 5.97 Å². The minimum atomic E-state index is -0.588. The van der Waals surface area contributed by atoms with E-state index in [4.69, 9.17) is 4.74 Å². The standard InChI is InChI=1S/C20H24N2O3/c1-3-17-19(23)22(11-10-21-17)18(20(24)25-2)13-14-8-9-15-6-4-5-7-16(15)12-14/h4-9,12,17-18,21H,3,10-11,13H2,1-2H3/t17-,18-/m0/s1. The van der Waals surface area contributed by atoms with Crippen LogP contribution in [-0.2, 0) is 20.7 Å². The summed E-state index contributed by atoms with van der Waals surface area (Å²) in [4.78, 5) is 26.7. The molecular weight excluding hydrogens is 316 g/mol. The summed E-state index contributed by atoms with van der Waals surface area (Å²) in [6.07, 6.45) is 1.17. The van der Waals surface area contributed by atoms with E-state index in [1.54, 1.807) is 4.90 Å². The molecule has 0 radical (unpaired) electrons. The van der Waals surface area contributed by atoms with Gasteiger partial charge in [-0.1, -0.05) is 49.4 Å². The predicted octanol–water partition coefficient (Wildman–Crippen LogP) is 2.13. The molecular formula is C20H24N2O3. The Balaban J connectivity index is 1.87.